The Labute approximate surface area is 179 Å². The van der Waals surface area contributed by atoms with Crippen molar-refractivity contribution in [2.24, 2.45) is 10.4 Å². The van der Waals surface area contributed by atoms with Gasteiger partial charge in [-0.05, 0) is 42.4 Å². The van der Waals surface area contributed by atoms with Crippen molar-refractivity contribution in [3.63, 3.8) is 0 Å². The fourth-order valence-electron chi connectivity index (χ4n) is 3.64. The number of nitrogens with zero attached hydrogens (tertiary/aromatic N) is 1. The summed E-state index contributed by atoms with van der Waals surface area (Å²) in [5.74, 6) is 0.533. The SMILES string of the molecule is CN=C(NCc1ccc(F)c(COC)c1)NCC1(CCOC)CCCC1.I. The molecule has 0 radical (unpaired) electrons. The lowest BCUT2D eigenvalue weighted by Gasteiger charge is -2.30. The minimum atomic E-state index is -0.237. The quantitative estimate of drug-likeness (QED) is 0.312. The topological polar surface area (TPSA) is 54.9 Å². The monoisotopic (exact) mass is 493 g/mol. The molecule has 0 aromatic heterocycles. The molecule has 5 nitrogen and oxygen atoms in total. The Morgan fingerprint density at radius 1 is 1.19 bits per heavy atom. The first kappa shape index (κ1) is 24.1. The predicted octanol–water partition coefficient (Wildman–Crippen LogP) is 3.85. The highest BCUT2D eigenvalue weighted by Crippen LogP contribution is 2.40. The van der Waals surface area contributed by atoms with Crippen LogP contribution in [0, 0.1) is 11.2 Å². The molecule has 1 fully saturated rings. The highest BCUT2D eigenvalue weighted by molar-refractivity contribution is 14.0. The molecule has 1 saturated carbocycles. The molecule has 1 aromatic rings. The lowest BCUT2D eigenvalue weighted by Crippen LogP contribution is -2.43. The third-order valence-corrected chi connectivity index (χ3v) is 5.23. The normalized spacial score (nSPS) is 16.1. The smallest absolute Gasteiger partial charge is 0.191 e. The summed E-state index contributed by atoms with van der Waals surface area (Å²) < 4.78 is 24.0. The summed E-state index contributed by atoms with van der Waals surface area (Å²) in [6.07, 6.45) is 6.12. The first-order valence-electron chi connectivity index (χ1n) is 9.32. The van der Waals surface area contributed by atoms with Gasteiger partial charge in [0.05, 0.1) is 6.61 Å². The molecule has 0 amide bonds. The van der Waals surface area contributed by atoms with E-state index in [-0.39, 0.29) is 36.4 Å². The minimum absolute atomic E-state index is 0. The number of nitrogens with one attached hydrogen (secondary N) is 2. The van der Waals surface area contributed by atoms with E-state index in [9.17, 15) is 4.39 Å². The number of halogens is 2. The van der Waals surface area contributed by atoms with Gasteiger partial charge in [0.15, 0.2) is 5.96 Å². The van der Waals surface area contributed by atoms with E-state index in [0.29, 0.717) is 17.5 Å². The third-order valence-electron chi connectivity index (χ3n) is 5.23. The largest absolute Gasteiger partial charge is 0.385 e. The molecule has 1 aliphatic rings. The number of hydrogen-bond donors (Lipinski definition) is 2. The molecule has 0 aliphatic heterocycles. The molecule has 0 unspecified atom stereocenters. The van der Waals surface area contributed by atoms with Crippen molar-refractivity contribution in [1.29, 1.82) is 0 Å². The lowest BCUT2D eigenvalue weighted by atomic mass is 9.83. The molecule has 0 saturated heterocycles. The molecule has 0 spiro atoms. The van der Waals surface area contributed by atoms with Crippen LogP contribution in [0.15, 0.2) is 23.2 Å². The average Bonchev–Trinajstić information content (AvgIpc) is 3.12. The summed E-state index contributed by atoms with van der Waals surface area (Å²) in [6, 6.07) is 5.10. The van der Waals surface area contributed by atoms with E-state index in [0.717, 1.165) is 31.1 Å². The van der Waals surface area contributed by atoms with E-state index in [2.05, 4.69) is 15.6 Å². The van der Waals surface area contributed by atoms with Gasteiger partial charge in [-0.1, -0.05) is 18.9 Å². The number of methoxy groups -OCH3 is 2. The molecule has 154 valence electrons. The fourth-order valence-corrected chi connectivity index (χ4v) is 3.64. The van der Waals surface area contributed by atoms with Crippen LogP contribution < -0.4 is 10.6 Å². The van der Waals surface area contributed by atoms with Gasteiger partial charge in [-0.3, -0.25) is 4.99 Å². The zero-order valence-corrected chi connectivity index (χ0v) is 19.0. The summed E-state index contributed by atoms with van der Waals surface area (Å²) in [6.45, 7) is 2.55. The van der Waals surface area contributed by atoms with Gasteiger partial charge >= 0.3 is 0 Å². The molecule has 0 bridgehead atoms. The summed E-state index contributed by atoms with van der Waals surface area (Å²) in [5, 5.41) is 6.78. The molecule has 7 heteroatoms. The number of guanidine groups is 1. The number of ether oxygens (including phenoxy) is 2. The zero-order valence-electron chi connectivity index (χ0n) is 16.6. The van der Waals surface area contributed by atoms with Gasteiger partial charge in [0.25, 0.3) is 0 Å². The Hall–Kier alpha value is -0.930. The van der Waals surface area contributed by atoms with Crippen molar-refractivity contribution < 1.29 is 13.9 Å². The van der Waals surface area contributed by atoms with Gasteiger partial charge in [-0.2, -0.15) is 0 Å². The Morgan fingerprint density at radius 3 is 2.56 bits per heavy atom. The summed E-state index contributed by atoms with van der Waals surface area (Å²) >= 11 is 0. The molecule has 1 aromatic carbocycles. The second-order valence-corrected chi connectivity index (χ2v) is 7.09. The molecule has 0 heterocycles. The van der Waals surface area contributed by atoms with Crippen molar-refractivity contribution in [3.05, 3.63) is 35.1 Å². The summed E-state index contributed by atoms with van der Waals surface area (Å²) in [5.41, 5.74) is 1.87. The van der Waals surface area contributed by atoms with Crippen LogP contribution in [-0.4, -0.2) is 40.4 Å². The second kappa shape index (κ2) is 12.5. The van der Waals surface area contributed by atoms with Gasteiger partial charge < -0.3 is 20.1 Å². The minimum Gasteiger partial charge on any atom is -0.385 e. The standard InChI is InChI=1S/C20H32FN3O2.HI/c1-22-19(24-15-20(10-11-25-2)8-4-5-9-20)23-13-16-6-7-18(21)17(12-16)14-26-3;/h6-7,12H,4-5,8-11,13-15H2,1-3H3,(H2,22,23,24);1H. The number of benzene rings is 1. The Morgan fingerprint density at radius 2 is 1.93 bits per heavy atom. The maximum absolute atomic E-state index is 13.7. The van der Waals surface area contributed by atoms with E-state index in [4.69, 9.17) is 9.47 Å². The Balaban J connectivity index is 0.00000364. The maximum Gasteiger partial charge on any atom is 0.191 e. The molecular weight excluding hydrogens is 460 g/mol. The van der Waals surface area contributed by atoms with E-state index in [1.165, 1.54) is 31.7 Å². The first-order chi connectivity index (χ1) is 12.6. The highest BCUT2D eigenvalue weighted by Gasteiger charge is 2.33. The van der Waals surface area contributed by atoms with Gasteiger partial charge in [0, 0.05) is 46.5 Å². The third kappa shape index (κ3) is 7.54. The van der Waals surface area contributed by atoms with Crippen LogP contribution in [0.5, 0.6) is 0 Å². The van der Waals surface area contributed by atoms with Gasteiger partial charge in [-0.25, -0.2) is 4.39 Å². The number of aliphatic imine (C=N–C) groups is 1. The van der Waals surface area contributed by atoms with Crippen molar-refractivity contribution in [1.82, 2.24) is 10.6 Å². The fraction of sp³-hybridized carbons (Fsp3) is 0.650. The highest BCUT2D eigenvalue weighted by atomic mass is 127. The molecule has 1 aliphatic carbocycles. The first-order valence-corrected chi connectivity index (χ1v) is 9.32. The van der Waals surface area contributed by atoms with Crippen molar-refractivity contribution in [2.45, 2.75) is 45.3 Å². The van der Waals surface area contributed by atoms with Gasteiger partial charge in [-0.15, -0.1) is 24.0 Å². The summed E-state index contributed by atoms with van der Waals surface area (Å²) in [4.78, 5) is 4.32. The maximum atomic E-state index is 13.7. The van der Waals surface area contributed by atoms with E-state index in [1.807, 2.05) is 6.07 Å². The van der Waals surface area contributed by atoms with Crippen LogP contribution in [0.25, 0.3) is 0 Å². The van der Waals surface area contributed by atoms with Gasteiger partial charge in [0.1, 0.15) is 5.82 Å². The zero-order chi connectivity index (χ0) is 18.8. The van der Waals surface area contributed by atoms with E-state index in [1.54, 1.807) is 27.3 Å². The molecular formula is C20H33FIN3O2. The van der Waals surface area contributed by atoms with Crippen LogP contribution in [0.1, 0.15) is 43.2 Å². The average molecular weight is 493 g/mol. The number of hydrogen-bond acceptors (Lipinski definition) is 3. The van der Waals surface area contributed by atoms with Crippen LogP contribution in [0.3, 0.4) is 0 Å². The Bertz CT molecular complexity index is 593. The van der Waals surface area contributed by atoms with E-state index >= 15 is 0 Å². The molecule has 2 rings (SSSR count). The second-order valence-electron chi connectivity index (χ2n) is 7.09. The molecule has 27 heavy (non-hydrogen) atoms. The lowest BCUT2D eigenvalue weighted by molar-refractivity contribution is 0.138. The predicted molar refractivity (Wildman–Crippen MR) is 118 cm³/mol. The van der Waals surface area contributed by atoms with Crippen LogP contribution >= 0.6 is 24.0 Å². The number of rotatable bonds is 9. The Kier molecular flexibility index (Phi) is 11.2. The molecule has 0 atom stereocenters. The van der Waals surface area contributed by atoms with Crippen LogP contribution in [0.2, 0.25) is 0 Å². The molecule has 2 N–H and O–H groups in total. The van der Waals surface area contributed by atoms with Crippen molar-refractivity contribution >= 4 is 29.9 Å². The van der Waals surface area contributed by atoms with Crippen LogP contribution in [-0.2, 0) is 22.6 Å². The van der Waals surface area contributed by atoms with Crippen LogP contribution in [0.4, 0.5) is 4.39 Å². The van der Waals surface area contributed by atoms with Crippen molar-refractivity contribution in [3.8, 4) is 0 Å². The van der Waals surface area contributed by atoms with Gasteiger partial charge in [0.2, 0.25) is 0 Å². The van der Waals surface area contributed by atoms with Crippen molar-refractivity contribution in [2.75, 3.05) is 34.4 Å². The van der Waals surface area contributed by atoms with E-state index < -0.39 is 0 Å². The summed E-state index contributed by atoms with van der Waals surface area (Å²) in [7, 11) is 5.10.